The van der Waals surface area contributed by atoms with Gasteiger partial charge >= 0.3 is 0 Å². The molecule has 2 bridgehead atoms. The van der Waals surface area contributed by atoms with Crippen LogP contribution in [-0.4, -0.2) is 71.8 Å². The highest BCUT2D eigenvalue weighted by Gasteiger charge is 2.67. The number of nitrogens with zero attached hydrogens (tertiary/aromatic N) is 2. The summed E-state index contributed by atoms with van der Waals surface area (Å²) in [5, 5.41) is 10.1. The Labute approximate surface area is 253 Å². The van der Waals surface area contributed by atoms with Gasteiger partial charge in [0.05, 0.1) is 19.3 Å². The number of amides is 1. The van der Waals surface area contributed by atoms with Crippen molar-refractivity contribution in [1.29, 1.82) is 0 Å². The number of aliphatic hydroxyl groups is 1. The number of ether oxygens (including phenoxy) is 2. The molecule has 6 nitrogen and oxygen atoms in total. The van der Waals surface area contributed by atoms with Crippen molar-refractivity contribution in [2.75, 3.05) is 26.7 Å². The minimum absolute atomic E-state index is 0.0114. The lowest BCUT2D eigenvalue weighted by Crippen LogP contribution is -2.69. The van der Waals surface area contributed by atoms with E-state index >= 15 is 0 Å². The van der Waals surface area contributed by atoms with Crippen LogP contribution in [0.2, 0.25) is 0 Å². The van der Waals surface area contributed by atoms with E-state index in [1.54, 1.807) is 7.11 Å². The maximum atomic E-state index is 14.1. The van der Waals surface area contributed by atoms with Gasteiger partial charge in [-0.15, -0.1) is 0 Å². The molecule has 1 amide bonds. The fourth-order valence-corrected chi connectivity index (χ4v) is 10.2. The smallest absolute Gasteiger partial charge is 0.222 e. The summed E-state index contributed by atoms with van der Waals surface area (Å²) in [6.45, 7) is 7.37. The van der Waals surface area contributed by atoms with Crippen LogP contribution in [0.3, 0.4) is 0 Å². The first-order chi connectivity index (χ1) is 20.4. The van der Waals surface area contributed by atoms with Crippen molar-refractivity contribution in [3.05, 3.63) is 23.3 Å². The second kappa shape index (κ2) is 11.6. The minimum atomic E-state index is -0.107. The number of hydrogen-bond donors (Lipinski definition) is 1. The van der Waals surface area contributed by atoms with Gasteiger partial charge in [0.25, 0.3) is 0 Å². The maximum Gasteiger partial charge on any atom is 0.222 e. The number of unbranched alkanes of at least 4 members (excludes halogenated alkanes) is 1. The number of aliphatic hydroxyl groups excluding tert-OH is 1. The van der Waals surface area contributed by atoms with Gasteiger partial charge in [-0.1, -0.05) is 64.9 Å². The number of carbonyl (C=O) groups is 1. The molecule has 3 saturated carbocycles. The van der Waals surface area contributed by atoms with Gasteiger partial charge in [0.1, 0.15) is 6.10 Å². The quantitative estimate of drug-likeness (QED) is 0.321. The number of piperidine rings is 1. The predicted molar refractivity (Wildman–Crippen MR) is 165 cm³/mol. The van der Waals surface area contributed by atoms with Gasteiger partial charge in [-0.05, 0) is 74.5 Å². The Hall–Kier alpha value is -1.79. The van der Waals surface area contributed by atoms with E-state index in [1.807, 2.05) is 0 Å². The standard InChI is InChI=1S/C36H54N2O4/c1-23(2)21-38(32(40)12-8-7-11-24-9-5-4-6-10-24)28-15-14-27-29-19-25-13-16-31(41-3)34-33(25)36(27,35(28)42-34)17-18-37(29)22-26-20-30(26)39/h13,16,23-24,26-30,35,39H,4-12,14-15,17-22H2,1-3H3/t26?,27-,28-,29+,30?,35-,36-/m0/s1. The van der Waals surface area contributed by atoms with Crippen molar-refractivity contribution in [3.63, 3.8) is 0 Å². The second-order valence-corrected chi connectivity index (χ2v) is 15.2. The van der Waals surface area contributed by atoms with Crippen LogP contribution in [0.25, 0.3) is 0 Å². The van der Waals surface area contributed by atoms with Crippen LogP contribution in [0.15, 0.2) is 12.1 Å². The molecule has 1 spiro atoms. The highest BCUT2D eigenvalue weighted by molar-refractivity contribution is 5.77. The predicted octanol–water partition coefficient (Wildman–Crippen LogP) is 6.11. The van der Waals surface area contributed by atoms with Crippen molar-refractivity contribution < 1.29 is 19.4 Å². The van der Waals surface area contributed by atoms with Gasteiger partial charge in [-0.2, -0.15) is 0 Å². The first kappa shape index (κ1) is 29.0. The van der Waals surface area contributed by atoms with Gasteiger partial charge in [-0.3, -0.25) is 9.69 Å². The molecule has 4 aliphatic carbocycles. The third-order valence-electron chi connectivity index (χ3n) is 12.2. The van der Waals surface area contributed by atoms with Crippen molar-refractivity contribution in [3.8, 4) is 11.5 Å². The molecule has 6 heteroatoms. The third kappa shape index (κ3) is 4.97. The summed E-state index contributed by atoms with van der Waals surface area (Å²) in [6, 6.07) is 4.98. The first-order valence-electron chi connectivity index (χ1n) is 17.5. The zero-order valence-corrected chi connectivity index (χ0v) is 26.4. The molecule has 1 aromatic carbocycles. The van der Waals surface area contributed by atoms with Crippen molar-refractivity contribution in [1.82, 2.24) is 9.80 Å². The summed E-state index contributed by atoms with van der Waals surface area (Å²) in [5.74, 6) is 4.43. The minimum Gasteiger partial charge on any atom is -0.493 e. The van der Waals surface area contributed by atoms with Crippen LogP contribution >= 0.6 is 0 Å². The Morgan fingerprint density at radius 2 is 1.98 bits per heavy atom. The molecule has 4 fully saturated rings. The lowest BCUT2D eigenvalue weighted by molar-refractivity contribution is -0.143. The van der Waals surface area contributed by atoms with E-state index in [0.29, 0.717) is 36.1 Å². The maximum absolute atomic E-state index is 14.1. The molecular formula is C36H54N2O4. The van der Waals surface area contributed by atoms with Crippen LogP contribution in [0.4, 0.5) is 0 Å². The van der Waals surface area contributed by atoms with Crippen molar-refractivity contribution >= 4 is 5.91 Å². The third-order valence-corrected chi connectivity index (χ3v) is 12.2. The highest BCUT2D eigenvalue weighted by Crippen LogP contribution is 2.64. The van der Waals surface area contributed by atoms with Gasteiger partial charge in [0, 0.05) is 42.4 Å². The average Bonchev–Trinajstić information content (AvgIpc) is 3.57. The van der Waals surface area contributed by atoms with E-state index in [-0.39, 0.29) is 23.7 Å². The Morgan fingerprint density at radius 3 is 2.71 bits per heavy atom. The molecule has 0 aromatic heterocycles. The van der Waals surface area contributed by atoms with E-state index in [2.05, 4.69) is 35.8 Å². The normalized spacial score (nSPS) is 35.1. The summed E-state index contributed by atoms with van der Waals surface area (Å²) in [7, 11) is 1.76. The first-order valence-corrected chi connectivity index (χ1v) is 17.5. The molecule has 0 radical (unpaired) electrons. The van der Waals surface area contributed by atoms with Gasteiger partial charge in [0.2, 0.25) is 5.91 Å². The second-order valence-electron chi connectivity index (χ2n) is 15.2. The molecule has 2 aliphatic heterocycles. The van der Waals surface area contributed by atoms with Gasteiger partial charge < -0.3 is 19.5 Å². The van der Waals surface area contributed by atoms with Crippen LogP contribution in [0.1, 0.15) is 108 Å². The fourth-order valence-electron chi connectivity index (χ4n) is 10.2. The molecule has 1 N–H and O–H groups in total. The molecule has 7 atom stereocenters. The van der Waals surface area contributed by atoms with E-state index in [9.17, 15) is 9.90 Å². The lowest BCUT2D eigenvalue weighted by atomic mass is 9.51. The van der Waals surface area contributed by atoms with Crippen molar-refractivity contribution in [2.45, 2.75) is 133 Å². The molecule has 2 heterocycles. The molecule has 6 aliphatic rings. The molecule has 2 unspecified atom stereocenters. The van der Waals surface area contributed by atoms with E-state index < -0.39 is 0 Å². The molecule has 232 valence electrons. The summed E-state index contributed by atoms with van der Waals surface area (Å²) in [4.78, 5) is 19.1. The highest BCUT2D eigenvalue weighted by atomic mass is 16.5. The van der Waals surface area contributed by atoms with Crippen LogP contribution in [0, 0.1) is 23.7 Å². The zero-order valence-electron chi connectivity index (χ0n) is 26.4. The van der Waals surface area contributed by atoms with Crippen LogP contribution in [-0.2, 0) is 16.6 Å². The Morgan fingerprint density at radius 1 is 1.17 bits per heavy atom. The van der Waals surface area contributed by atoms with Crippen molar-refractivity contribution in [2.24, 2.45) is 23.7 Å². The number of hydrogen-bond acceptors (Lipinski definition) is 5. The van der Waals surface area contributed by atoms with E-state index in [1.165, 1.54) is 56.1 Å². The summed E-state index contributed by atoms with van der Waals surface area (Å²) in [5.41, 5.74) is 2.77. The average molecular weight is 579 g/mol. The number of benzene rings is 1. The molecule has 1 aromatic rings. The zero-order chi connectivity index (χ0) is 29.0. The Balaban J connectivity index is 1.14. The van der Waals surface area contributed by atoms with Crippen LogP contribution in [0.5, 0.6) is 11.5 Å². The topological polar surface area (TPSA) is 62.2 Å². The van der Waals surface area contributed by atoms with Gasteiger partial charge in [-0.25, -0.2) is 0 Å². The summed E-state index contributed by atoms with van der Waals surface area (Å²) in [6.07, 6.45) is 16.3. The molecule has 42 heavy (non-hydrogen) atoms. The Kier molecular flexibility index (Phi) is 8.00. The summed E-state index contributed by atoms with van der Waals surface area (Å²) >= 11 is 0. The largest absolute Gasteiger partial charge is 0.493 e. The molecular weight excluding hydrogens is 524 g/mol. The van der Waals surface area contributed by atoms with Crippen LogP contribution < -0.4 is 9.47 Å². The number of carbonyl (C=O) groups excluding carboxylic acids is 1. The molecule has 1 saturated heterocycles. The Bertz CT molecular complexity index is 1150. The molecule has 7 rings (SSSR count). The number of likely N-dealkylation sites (tertiary alicyclic amines) is 1. The fraction of sp³-hybridized carbons (Fsp3) is 0.806. The number of methoxy groups -OCH3 is 1. The monoisotopic (exact) mass is 578 g/mol. The van der Waals surface area contributed by atoms with E-state index in [4.69, 9.17) is 9.47 Å². The SMILES string of the molecule is COc1ccc2c3c1O[C@H]1[C@@H](N(CC(C)C)C(=O)CCCCC4CCCCC4)CC[C@H]4[C@@H](C2)N(CC2CC2O)CC[C@@]341. The lowest BCUT2D eigenvalue weighted by Gasteiger charge is -2.60. The summed E-state index contributed by atoms with van der Waals surface area (Å²) < 4.78 is 13.0. The van der Waals surface area contributed by atoms with Gasteiger partial charge in [0.15, 0.2) is 11.5 Å². The van der Waals surface area contributed by atoms with E-state index in [0.717, 1.165) is 75.6 Å². The number of rotatable bonds is 11.